The Hall–Kier alpha value is -0.470. The lowest BCUT2D eigenvalue weighted by Gasteiger charge is -2.34. The molecule has 0 aromatic carbocycles. The number of aliphatic imine (C=N–C) groups is 1. The maximum atomic E-state index is 11.6. The summed E-state index contributed by atoms with van der Waals surface area (Å²) in [4.78, 5) is 7.16. The van der Waals surface area contributed by atoms with Gasteiger partial charge in [0.05, 0.1) is 6.26 Å². The van der Waals surface area contributed by atoms with Gasteiger partial charge in [-0.05, 0) is 25.7 Å². The summed E-state index contributed by atoms with van der Waals surface area (Å²) in [5.74, 6) is 2.47. The fraction of sp³-hybridized carbons (Fsp3) is 0.933. The summed E-state index contributed by atoms with van der Waals surface area (Å²) in [6.45, 7) is 9.22. The van der Waals surface area contributed by atoms with Crippen LogP contribution in [0.2, 0.25) is 0 Å². The normalized spacial score (nSPS) is 27.4. The van der Waals surface area contributed by atoms with Crippen molar-refractivity contribution in [2.45, 2.75) is 31.9 Å². The number of hydrogen-bond acceptors (Lipinski definition) is 4. The molecule has 2 heterocycles. The molecule has 6 nitrogen and oxygen atoms in total. The minimum absolute atomic E-state index is 0.333. The summed E-state index contributed by atoms with van der Waals surface area (Å²) >= 11 is 2.05. The Morgan fingerprint density at radius 2 is 2.09 bits per heavy atom. The molecule has 2 rings (SSSR count). The van der Waals surface area contributed by atoms with Crippen LogP contribution in [0.5, 0.6) is 0 Å². The van der Waals surface area contributed by atoms with E-state index in [-0.39, 0.29) is 0 Å². The van der Waals surface area contributed by atoms with Crippen LogP contribution in [0.25, 0.3) is 0 Å². The van der Waals surface area contributed by atoms with Crippen molar-refractivity contribution in [1.29, 1.82) is 0 Å². The van der Waals surface area contributed by atoms with E-state index in [1.54, 1.807) is 4.31 Å². The van der Waals surface area contributed by atoms with Crippen LogP contribution in [-0.4, -0.2) is 80.1 Å². The molecule has 0 aromatic heterocycles. The third kappa shape index (κ3) is 5.53. The molecule has 2 aliphatic heterocycles. The number of thioether (sulfide) groups is 1. The standard InChI is InChI=1S/C15H30N4O2S2/c1-4-14-12-18(8-9-22-14)15(16-5-2)17-10-13-6-7-19(11-13)23(3,20)21/h13-14H,4-12H2,1-3H3,(H,16,17). The van der Waals surface area contributed by atoms with Crippen molar-refractivity contribution in [2.75, 3.05) is 51.3 Å². The van der Waals surface area contributed by atoms with Crippen LogP contribution >= 0.6 is 11.8 Å². The predicted octanol–water partition coefficient (Wildman–Crippen LogP) is 1.06. The highest BCUT2D eigenvalue weighted by atomic mass is 32.2. The van der Waals surface area contributed by atoms with E-state index in [2.05, 4.69) is 35.8 Å². The van der Waals surface area contributed by atoms with Gasteiger partial charge in [0, 0.05) is 50.3 Å². The van der Waals surface area contributed by atoms with Crippen molar-refractivity contribution in [3.63, 3.8) is 0 Å². The average Bonchev–Trinajstić information content (AvgIpc) is 3.00. The second-order valence-electron chi connectivity index (χ2n) is 6.32. The molecule has 134 valence electrons. The Kier molecular flexibility index (Phi) is 7.03. The lowest BCUT2D eigenvalue weighted by atomic mass is 10.1. The fourth-order valence-corrected chi connectivity index (χ4v) is 5.15. The Labute approximate surface area is 145 Å². The molecule has 0 bridgehead atoms. The average molecular weight is 363 g/mol. The molecular formula is C15H30N4O2S2. The highest BCUT2D eigenvalue weighted by molar-refractivity contribution is 8.00. The first-order valence-electron chi connectivity index (χ1n) is 8.54. The Balaban J connectivity index is 1.94. The lowest BCUT2D eigenvalue weighted by Crippen LogP contribution is -2.48. The van der Waals surface area contributed by atoms with Crippen LogP contribution in [0.15, 0.2) is 4.99 Å². The van der Waals surface area contributed by atoms with Crippen molar-refractivity contribution in [3.8, 4) is 0 Å². The van der Waals surface area contributed by atoms with Crippen LogP contribution in [0.4, 0.5) is 0 Å². The van der Waals surface area contributed by atoms with E-state index in [1.165, 1.54) is 12.7 Å². The summed E-state index contributed by atoms with van der Waals surface area (Å²) in [6, 6.07) is 0. The second kappa shape index (κ2) is 8.58. The molecule has 2 aliphatic rings. The Bertz CT molecular complexity index is 510. The molecule has 2 atom stereocenters. The topological polar surface area (TPSA) is 65.0 Å². The molecule has 2 unspecified atom stereocenters. The zero-order valence-corrected chi connectivity index (χ0v) is 16.1. The number of guanidine groups is 1. The number of nitrogens with zero attached hydrogens (tertiary/aromatic N) is 3. The maximum Gasteiger partial charge on any atom is 0.211 e. The first-order valence-corrected chi connectivity index (χ1v) is 11.4. The van der Waals surface area contributed by atoms with E-state index < -0.39 is 10.0 Å². The largest absolute Gasteiger partial charge is 0.357 e. The molecule has 0 aliphatic carbocycles. The monoisotopic (exact) mass is 362 g/mol. The maximum absolute atomic E-state index is 11.6. The van der Waals surface area contributed by atoms with Crippen LogP contribution in [0.3, 0.4) is 0 Å². The first kappa shape index (κ1) is 18.9. The highest BCUT2D eigenvalue weighted by Crippen LogP contribution is 2.22. The van der Waals surface area contributed by atoms with Gasteiger partial charge in [-0.25, -0.2) is 12.7 Å². The summed E-state index contributed by atoms with van der Waals surface area (Å²) in [5.41, 5.74) is 0. The SMILES string of the molecule is CCNC(=NCC1CCN(S(C)(=O)=O)C1)N1CCSC(CC)C1. The zero-order valence-electron chi connectivity index (χ0n) is 14.5. The number of sulfonamides is 1. The van der Waals surface area contributed by atoms with E-state index >= 15 is 0 Å². The smallest absolute Gasteiger partial charge is 0.211 e. The molecule has 0 spiro atoms. The molecule has 0 saturated carbocycles. The molecule has 8 heteroatoms. The Morgan fingerprint density at radius 3 is 2.70 bits per heavy atom. The van der Waals surface area contributed by atoms with Gasteiger partial charge in [0.1, 0.15) is 0 Å². The van der Waals surface area contributed by atoms with Gasteiger partial charge in [-0.1, -0.05) is 6.92 Å². The molecule has 23 heavy (non-hydrogen) atoms. The van der Waals surface area contributed by atoms with E-state index in [0.717, 1.165) is 37.8 Å². The van der Waals surface area contributed by atoms with E-state index in [4.69, 9.17) is 4.99 Å². The molecule has 0 aromatic rings. The number of nitrogens with one attached hydrogen (secondary N) is 1. The quantitative estimate of drug-likeness (QED) is 0.585. The van der Waals surface area contributed by atoms with Crippen molar-refractivity contribution in [1.82, 2.24) is 14.5 Å². The zero-order chi connectivity index (χ0) is 16.9. The number of rotatable bonds is 5. The van der Waals surface area contributed by atoms with Gasteiger partial charge in [-0.15, -0.1) is 0 Å². The Morgan fingerprint density at radius 1 is 1.30 bits per heavy atom. The van der Waals surface area contributed by atoms with Gasteiger partial charge in [-0.3, -0.25) is 4.99 Å². The van der Waals surface area contributed by atoms with Crippen molar-refractivity contribution < 1.29 is 8.42 Å². The molecule has 1 N–H and O–H groups in total. The van der Waals surface area contributed by atoms with E-state index in [0.29, 0.717) is 30.8 Å². The first-order chi connectivity index (χ1) is 10.9. The minimum Gasteiger partial charge on any atom is -0.357 e. The van der Waals surface area contributed by atoms with Crippen molar-refractivity contribution in [3.05, 3.63) is 0 Å². The van der Waals surface area contributed by atoms with Crippen LogP contribution in [0, 0.1) is 5.92 Å². The fourth-order valence-electron chi connectivity index (χ4n) is 3.05. The van der Waals surface area contributed by atoms with Gasteiger partial charge >= 0.3 is 0 Å². The van der Waals surface area contributed by atoms with Gasteiger partial charge in [0.25, 0.3) is 0 Å². The predicted molar refractivity (Wildman–Crippen MR) is 98.6 cm³/mol. The summed E-state index contributed by atoms with van der Waals surface area (Å²) in [5, 5.41) is 4.08. The van der Waals surface area contributed by atoms with Crippen molar-refractivity contribution in [2.24, 2.45) is 10.9 Å². The summed E-state index contributed by atoms with van der Waals surface area (Å²) in [7, 11) is -3.06. The van der Waals surface area contributed by atoms with E-state index in [1.807, 2.05) is 0 Å². The molecule has 0 radical (unpaired) electrons. The lowest BCUT2D eigenvalue weighted by molar-refractivity contribution is 0.405. The third-order valence-corrected chi connectivity index (χ3v) is 7.09. The molecule has 0 amide bonds. The van der Waals surface area contributed by atoms with Crippen molar-refractivity contribution >= 4 is 27.7 Å². The third-order valence-electron chi connectivity index (χ3n) is 4.45. The minimum atomic E-state index is -3.06. The van der Waals surface area contributed by atoms with Crippen LogP contribution in [0.1, 0.15) is 26.7 Å². The van der Waals surface area contributed by atoms with Gasteiger partial charge in [0.2, 0.25) is 10.0 Å². The summed E-state index contributed by atoms with van der Waals surface area (Å²) < 4.78 is 24.8. The van der Waals surface area contributed by atoms with E-state index in [9.17, 15) is 8.42 Å². The van der Waals surface area contributed by atoms with Gasteiger partial charge in [0.15, 0.2) is 5.96 Å². The second-order valence-corrected chi connectivity index (χ2v) is 9.71. The highest BCUT2D eigenvalue weighted by Gasteiger charge is 2.28. The summed E-state index contributed by atoms with van der Waals surface area (Å²) in [6.07, 6.45) is 3.38. The van der Waals surface area contributed by atoms with Crippen LogP contribution < -0.4 is 5.32 Å². The number of hydrogen-bond donors (Lipinski definition) is 1. The van der Waals surface area contributed by atoms with Gasteiger partial charge < -0.3 is 10.2 Å². The van der Waals surface area contributed by atoms with Crippen LogP contribution in [-0.2, 0) is 10.0 Å². The molecule has 2 saturated heterocycles. The van der Waals surface area contributed by atoms with Gasteiger partial charge in [-0.2, -0.15) is 11.8 Å². The molecular weight excluding hydrogens is 332 g/mol. The molecule has 2 fully saturated rings.